The Hall–Kier alpha value is -2.99. The molecule has 0 bridgehead atoms. The highest BCUT2D eigenvalue weighted by Crippen LogP contribution is 2.47. The van der Waals surface area contributed by atoms with Crippen molar-refractivity contribution in [3.8, 4) is 17.2 Å². The third-order valence-corrected chi connectivity index (χ3v) is 6.83. The molecular formula is C26H28O6. The van der Waals surface area contributed by atoms with Crippen molar-refractivity contribution in [1.82, 2.24) is 0 Å². The van der Waals surface area contributed by atoms with E-state index in [-0.39, 0.29) is 6.79 Å². The molecule has 1 fully saturated rings. The fourth-order valence-corrected chi connectivity index (χ4v) is 5.05. The highest BCUT2D eigenvalue weighted by molar-refractivity contribution is 6.20. The van der Waals surface area contributed by atoms with Gasteiger partial charge >= 0.3 is 5.97 Å². The first kappa shape index (κ1) is 20.9. The van der Waals surface area contributed by atoms with Crippen LogP contribution in [0.25, 0.3) is 5.57 Å². The first-order valence-electron chi connectivity index (χ1n) is 11.3. The van der Waals surface area contributed by atoms with Crippen molar-refractivity contribution in [1.29, 1.82) is 0 Å². The van der Waals surface area contributed by atoms with E-state index in [9.17, 15) is 9.90 Å². The molecule has 1 aliphatic carbocycles. The smallest absolute Gasteiger partial charge is 0.341 e. The lowest BCUT2D eigenvalue weighted by Crippen LogP contribution is -2.29. The van der Waals surface area contributed by atoms with Crippen LogP contribution in [-0.4, -0.2) is 25.0 Å². The first-order chi connectivity index (χ1) is 15.6. The summed E-state index contributed by atoms with van der Waals surface area (Å²) in [6.07, 6.45) is 7.68. The zero-order valence-corrected chi connectivity index (χ0v) is 18.3. The maximum atomic E-state index is 13.1. The number of benzene rings is 2. The van der Waals surface area contributed by atoms with Gasteiger partial charge in [-0.15, -0.1) is 0 Å². The van der Waals surface area contributed by atoms with E-state index in [1.54, 1.807) is 43.5 Å². The molecule has 2 aromatic rings. The van der Waals surface area contributed by atoms with Gasteiger partial charge in [0.2, 0.25) is 6.79 Å². The number of fused-ring (bicyclic) bond motifs is 1. The Balaban J connectivity index is 1.55. The fraction of sp³-hybridized carbons (Fsp3) is 0.423. The Morgan fingerprint density at radius 3 is 2.53 bits per heavy atom. The van der Waals surface area contributed by atoms with Crippen LogP contribution in [0.4, 0.5) is 0 Å². The van der Waals surface area contributed by atoms with Crippen LogP contribution in [-0.2, 0) is 15.3 Å². The summed E-state index contributed by atoms with van der Waals surface area (Å²) in [6.45, 7) is 0.159. The second kappa shape index (κ2) is 8.51. The third-order valence-electron chi connectivity index (χ3n) is 6.83. The van der Waals surface area contributed by atoms with Gasteiger partial charge in [0.25, 0.3) is 5.79 Å². The monoisotopic (exact) mass is 436 g/mol. The van der Waals surface area contributed by atoms with Crippen molar-refractivity contribution in [3.63, 3.8) is 0 Å². The molecule has 6 heteroatoms. The van der Waals surface area contributed by atoms with E-state index in [0.717, 1.165) is 6.42 Å². The maximum Gasteiger partial charge on any atom is 0.341 e. The molecule has 0 spiro atoms. The third kappa shape index (κ3) is 3.73. The predicted molar refractivity (Wildman–Crippen MR) is 118 cm³/mol. The zero-order chi connectivity index (χ0) is 22.1. The number of hydrogen-bond donors (Lipinski definition) is 1. The van der Waals surface area contributed by atoms with Crippen LogP contribution in [0.3, 0.4) is 0 Å². The Morgan fingerprint density at radius 1 is 1.03 bits per heavy atom. The van der Waals surface area contributed by atoms with Gasteiger partial charge in [-0.1, -0.05) is 38.2 Å². The lowest BCUT2D eigenvalue weighted by atomic mass is 9.82. The standard InChI is InChI=1S/C26H28O6/c1-29-20-11-9-19(10-12-20)26(28)21(13-7-17-5-3-2-4-6-17)24(25(27)32-26)18-8-14-22-23(15-18)31-16-30-22/h8-12,14-15,17,28H,2-7,13,16H2,1H3. The van der Waals surface area contributed by atoms with E-state index < -0.39 is 11.8 Å². The molecule has 32 heavy (non-hydrogen) atoms. The number of methoxy groups -OCH3 is 1. The minimum atomic E-state index is -1.80. The number of aliphatic hydroxyl groups is 1. The van der Waals surface area contributed by atoms with Crippen LogP contribution < -0.4 is 14.2 Å². The molecule has 5 rings (SSSR count). The predicted octanol–water partition coefficient (Wildman–Crippen LogP) is 4.94. The highest BCUT2D eigenvalue weighted by atomic mass is 16.7. The average Bonchev–Trinajstić information content (AvgIpc) is 3.39. The van der Waals surface area contributed by atoms with Crippen molar-refractivity contribution in [2.75, 3.05) is 13.9 Å². The van der Waals surface area contributed by atoms with E-state index >= 15 is 0 Å². The molecule has 1 saturated carbocycles. The molecule has 2 heterocycles. The van der Waals surface area contributed by atoms with Gasteiger partial charge in [-0.3, -0.25) is 0 Å². The van der Waals surface area contributed by atoms with E-state index in [4.69, 9.17) is 18.9 Å². The number of carbonyl (C=O) groups is 1. The molecule has 1 unspecified atom stereocenters. The van der Waals surface area contributed by atoms with Crippen molar-refractivity contribution in [2.24, 2.45) is 5.92 Å². The summed E-state index contributed by atoms with van der Waals surface area (Å²) in [7, 11) is 1.59. The van der Waals surface area contributed by atoms with Crippen molar-refractivity contribution in [2.45, 2.75) is 50.7 Å². The number of esters is 1. The average molecular weight is 437 g/mol. The number of carbonyl (C=O) groups excluding carboxylic acids is 1. The molecule has 168 valence electrons. The Kier molecular flexibility index (Phi) is 5.55. The highest BCUT2D eigenvalue weighted by Gasteiger charge is 2.48. The summed E-state index contributed by atoms with van der Waals surface area (Å²) in [6, 6.07) is 12.4. The molecule has 1 atom stereocenters. The van der Waals surface area contributed by atoms with Gasteiger partial charge < -0.3 is 24.1 Å². The lowest BCUT2D eigenvalue weighted by molar-refractivity contribution is -0.185. The summed E-state index contributed by atoms with van der Waals surface area (Å²) in [5.74, 6) is 0.185. The van der Waals surface area contributed by atoms with Gasteiger partial charge in [-0.2, -0.15) is 0 Å². The van der Waals surface area contributed by atoms with Crippen LogP contribution in [0.1, 0.15) is 56.1 Å². The largest absolute Gasteiger partial charge is 0.497 e. The Bertz CT molecular complexity index is 1030. The summed E-state index contributed by atoms with van der Waals surface area (Å²) in [4.78, 5) is 13.1. The Morgan fingerprint density at radius 2 is 1.78 bits per heavy atom. The zero-order valence-electron chi connectivity index (χ0n) is 18.3. The van der Waals surface area contributed by atoms with Gasteiger partial charge in [-0.05, 0) is 60.7 Å². The van der Waals surface area contributed by atoms with Gasteiger partial charge in [0, 0.05) is 11.1 Å². The summed E-state index contributed by atoms with van der Waals surface area (Å²) >= 11 is 0. The van der Waals surface area contributed by atoms with Crippen molar-refractivity contribution in [3.05, 3.63) is 59.2 Å². The normalized spacial score (nSPS) is 22.9. The lowest BCUT2D eigenvalue weighted by Gasteiger charge is -2.28. The molecule has 1 N–H and O–H groups in total. The van der Waals surface area contributed by atoms with Crippen molar-refractivity contribution < 1.29 is 28.8 Å². The van der Waals surface area contributed by atoms with Gasteiger partial charge in [0.15, 0.2) is 11.5 Å². The van der Waals surface area contributed by atoms with Gasteiger partial charge in [0.1, 0.15) is 5.75 Å². The molecule has 6 nitrogen and oxygen atoms in total. The number of rotatable bonds is 6. The van der Waals surface area contributed by atoms with Crippen LogP contribution >= 0.6 is 0 Å². The second-order valence-corrected chi connectivity index (χ2v) is 8.73. The topological polar surface area (TPSA) is 74.2 Å². The number of ether oxygens (including phenoxy) is 4. The fourth-order valence-electron chi connectivity index (χ4n) is 5.05. The summed E-state index contributed by atoms with van der Waals surface area (Å²) < 4.78 is 21.8. The molecule has 2 aliphatic heterocycles. The molecule has 0 aromatic heterocycles. The molecule has 3 aliphatic rings. The van der Waals surface area contributed by atoms with Gasteiger partial charge in [-0.25, -0.2) is 4.79 Å². The molecule has 0 amide bonds. The maximum absolute atomic E-state index is 13.1. The number of cyclic esters (lactones) is 1. The minimum absolute atomic E-state index is 0.159. The van der Waals surface area contributed by atoms with Gasteiger partial charge in [0.05, 0.1) is 12.7 Å². The van der Waals surface area contributed by atoms with Crippen LogP contribution in [0, 0.1) is 5.92 Å². The molecular weight excluding hydrogens is 408 g/mol. The van der Waals surface area contributed by atoms with Crippen LogP contribution in [0.5, 0.6) is 17.2 Å². The second-order valence-electron chi connectivity index (χ2n) is 8.73. The molecule has 0 saturated heterocycles. The number of hydrogen-bond acceptors (Lipinski definition) is 6. The van der Waals surface area contributed by atoms with Crippen molar-refractivity contribution >= 4 is 11.5 Å². The quantitative estimate of drug-likeness (QED) is 0.647. The van der Waals surface area contributed by atoms with E-state index in [2.05, 4.69) is 0 Å². The molecule has 0 radical (unpaired) electrons. The molecule has 2 aromatic carbocycles. The summed E-state index contributed by atoms with van der Waals surface area (Å²) in [5.41, 5.74) is 2.21. The first-order valence-corrected chi connectivity index (χ1v) is 11.3. The minimum Gasteiger partial charge on any atom is -0.497 e. The van der Waals surface area contributed by atoms with Crippen LogP contribution in [0.2, 0.25) is 0 Å². The van der Waals surface area contributed by atoms with E-state index in [0.29, 0.717) is 51.9 Å². The van der Waals surface area contributed by atoms with E-state index in [1.807, 2.05) is 6.07 Å². The SMILES string of the molecule is COc1ccc(C2(O)OC(=O)C(c3ccc4c(c3)OCO4)=C2CCC2CCCCC2)cc1. The Labute approximate surface area is 187 Å². The van der Waals surface area contributed by atoms with E-state index in [1.165, 1.54) is 32.1 Å². The van der Waals surface area contributed by atoms with Crippen LogP contribution in [0.15, 0.2) is 48.0 Å². The summed E-state index contributed by atoms with van der Waals surface area (Å²) in [5, 5.41) is 11.7.